The molecule has 3 rings (SSSR count). The number of amides is 1. The van der Waals surface area contributed by atoms with Gasteiger partial charge in [-0.05, 0) is 37.7 Å². The number of carboxylic acid groups (broad SMARTS) is 1. The topological polar surface area (TPSA) is 89.7 Å². The van der Waals surface area contributed by atoms with Gasteiger partial charge in [0.2, 0.25) is 0 Å². The molecule has 1 aliphatic heterocycles. The fraction of sp³-hybridized carbons (Fsp3) is 0.611. The van der Waals surface area contributed by atoms with Crippen LogP contribution in [0.2, 0.25) is 0 Å². The number of aromatic nitrogens is 1. The van der Waals surface area contributed by atoms with Gasteiger partial charge in [-0.1, -0.05) is 0 Å². The van der Waals surface area contributed by atoms with Crippen LogP contribution in [0, 0.1) is 17.2 Å². The summed E-state index contributed by atoms with van der Waals surface area (Å²) >= 11 is 0. The third kappa shape index (κ3) is 4.40. The quantitative estimate of drug-likeness (QED) is 0.900. The van der Waals surface area contributed by atoms with E-state index in [0.717, 1.165) is 38.8 Å². The highest BCUT2D eigenvalue weighted by molar-refractivity contribution is 5.65. The molecular weight excluding hydrogens is 320 g/mol. The van der Waals surface area contributed by atoms with Gasteiger partial charge in [-0.2, -0.15) is 5.26 Å². The van der Waals surface area contributed by atoms with Gasteiger partial charge in [0.25, 0.3) is 0 Å². The van der Waals surface area contributed by atoms with E-state index in [2.05, 4.69) is 16.0 Å². The third-order valence-electron chi connectivity index (χ3n) is 5.29. The van der Waals surface area contributed by atoms with Crippen LogP contribution in [0.15, 0.2) is 18.5 Å². The van der Waals surface area contributed by atoms with E-state index in [0.29, 0.717) is 43.0 Å². The van der Waals surface area contributed by atoms with E-state index in [9.17, 15) is 4.79 Å². The molecule has 1 aromatic heterocycles. The maximum absolute atomic E-state index is 11.0. The number of carbonyl (C=O) groups is 1. The number of hydrogen-bond acceptors (Lipinski definition) is 5. The van der Waals surface area contributed by atoms with E-state index in [1.165, 1.54) is 11.1 Å². The summed E-state index contributed by atoms with van der Waals surface area (Å²) in [5.41, 5.74) is 0.479. The first-order valence-electron chi connectivity index (χ1n) is 8.86. The van der Waals surface area contributed by atoms with Crippen LogP contribution in [0.25, 0.3) is 0 Å². The van der Waals surface area contributed by atoms with E-state index in [1.807, 2.05) is 0 Å². The molecule has 7 heteroatoms. The number of nitrogens with zero attached hydrogens (tertiary/aromatic N) is 4. The van der Waals surface area contributed by atoms with Crippen LogP contribution in [0.4, 0.5) is 4.79 Å². The van der Waals surface area contributed by atoms with Crippen molar-refractivity contribution in [2.75, 3.05) is 32.8 Å². The van der Waals surface area contributed by atoms with E-state index in [-0.39, 0.29) is 0 Å². The highest BCUT2D eigenvalue weighted by Crippen LogP contribution is 2.29. The van der Waals surface area contributed by atoms with Gasteiger partial charge >= 0.3 is 6.09 Å². The number of piperazine rings is 1. The van der Waals surface area contributed by atoms with Crippen LogP contribution >= 0.6 is 0 Å². The molecule has 0 radical (unpaired) electrons. The second kappa shape index (κ2) is 8.17. The second-order valence-electron chi connectivity index (χ2n) is 6.77. The third-order valence-corrected chi connectivity index (χ3v) is 5.29. The lowest BCUT2D eigenvalue weighted by Crippen LogP contribution is -2.52. The summed E-state index contributed by atoms with van der Waals surface area (Å²) < 4.78 is 5.84. The Morgan fingerprint density at radius 3 is 2.64 bits per heavy atom. The minimum Gasteiger partial charge on any atom is -0.492 e. The number of rotatable bonds is 4. The number of hydrogen-bond donors (Lipinski definition) is 1. The number of pyridine rings is 1. The van der Waals surface area contributed by atoms with Crippen molar-refractivity contribution in [1.29, 1.82) is 5.26 Å². The molecule has 1 amide bonds. The van der Waals surface area contributed by atoms with Crippen LogP contribution in [0.5, 0.6) is 5.75 Å². The lowest BCUT2D eigenvalue weighted by atomic mass is 9.85. The highest BCUT2D eigenvalue weighted by atomic mass is 16.5. The summed E-state index contributed by atoms with van der Waals surface area (Å²) in [6, 6.07) is 4.41. The van der Waals surface area contributed by atoms with Gasteiger partial charge in [0.05, 0.1) is 6.61 Å². The molecule has 1 aliphatic carbocycles. The minimum absolute atomic E-state index is 0.479. The average Bonchev–Trinajstić information content (AvgIpc) is 2.67. The molecule has 2 heterocycles. The average molecular weight is 344 g/mol. The Bertz CT molecular complexity index is 629. The van der Waals surface area contributed by atoms with E-state index in [1.54, 1.807) is 12.3 Å². The molecule has 2 fully saturated rings. The Morgan fingerprint density at radius 2 is 2.00 bits per heavy atom. The molecular formula is C18H24N4O3. The molecule has 0 unspecified atom stereocenters. The van der Waals surface area contributed by atoms with E-state index >= 15 is 0 Å². The molecule has 7 nitrogen and oxygen atoms in total. The lowest BCUT2D eigenvalue weighted by Gasteiger charge is -2.41. The van der Waals surface area contributed by atoms with Crippen molar-refractivity contribution >= 4 is 6.09 Å². The van der Waals surface area contributed by atoms with Crippen molar-refractivity contribution in [3.63, 3.8) is 0 Å². The molecule has 0 aromatic carbocycles. The van der Waals surface area contributed by atoms with Crippen molar-refractivity contribution < 1.29 is 14.6 Å². The van der Waals surface area contributed by atoms with Crippen LogP contribution in [-0.2, 0) is 0 Å². The van der Waals surface area contributed by atoms with Crippen LogP contribution in [0.1, 0.15) is 31.2 Å². The predicted molar refractivity (Wildman–Crippen MR) is 91.4 cm³/mol. The first-order valence-corrected chi connectivity index (χ1v) is 8.86. The summed E-state index contributed by atoms with van der Waals surface area (Å²) in [7, 11) is 0. The van der Waals surface area contributed by atoms with Crippen molar-refractivity contribution in [1.82, 2.24) is 14.8 Å². The second-order valence-corrected chi connectivity index (χ2v) is 6.77. The Labute approximate surface area is 147 Å². The Balaban J connectivity index is 1.42. The molecule has 25 heavy (non-hydrogen) atoms. The molecule has 1 saturated heterocycles. The molecule has 1 N–H and O–H groups in total. The summed E-state index contributed by atoms with van der Waals surface area (Å²) in [5, 5.41) is 18.1. The van der Waals surface area contributed by atoms with Gasteiger partial charge in [-0.3, -0.25) is 9.88 Å². The summed E-state index contributed by atoms with van der Waals surface area (Å²) in [6.45, 7) is 3.52. The zero-order chi connectivity index (χ0) is 17.6. The molecule has 0 bridgehead atoms. The molecule has 0 atom stereocenters. The Kier molecular flexibility index (Phi) is 5.71. The molecule has 134 valence electrons. The van der Waals surface area contributed by atoms with Crippen LogP contribution in [0.3, 0.4) is 0 Å². The van der Waals surface area contributed by atoms with E-state index < -0.39 is 6.09 Å². The van der Waals surface area contributed by atoms with Crippen molar-refractivity contribution in [2.24, 2.45) is 5.92 Å². The number of nitriles is 1. The van der Waals surface area contributed by atoms with Gasteiger partial charge in [0, 0.05) is 44.6 Å². The normalized spacial score (nSPS) is 24.5. The summed E-state index contributed by atoms with van der Waals surface area (Å²) in [5.74, 6) is 1.13. The fourth-order valence-corrected chi connectivity index (χ4v) is 3.75. The first kappa shape index (κ1) is 17.5. The van der Waals surface area contributed by atoms with Gasteiger partial charge in [-0.25, -0.2) is 4.79 Å². The van der Waals surface area contributed by atoms with Gasteiger partial charge in [0.15, 0.2) is 0 Å². The van der Waals surface area contributed by atoms with Gasteiger partial charge in [0.1, 0.15) is 17.4 Å². The highest BCUT2D eigenvalue weighted by Gasteiger charge is 2.29. The summed E-state index contributed by atoms with van der Waals surface area (Å²) in [6.07, 6.45) is 6.83. The molecule has 1 aromatic rings. The van der Waals surface area contributed by atoms with Gasteiger partial charge < -0.3 is 14.7 Å². The molecule has 0 spiro atoms. The Hall–Kier alpha value is -2.33. The Morgan fingerprint density at radius 1 is 1.28 bits per heavy atom. The lowest BCUT2D eigenvalue weighted by molar-refractivity contribution is 0.0618. The maximum Gasteiger partial charge on any atom is 0.407 e. The number of ether oxygens (including phenoxy) is 1. The van der Waals surface area contributed by atoms with Crippen LogP contribution < -0.4 is 4.74 Å². The van der Waals surface area contributed by atoms with Crippen molar-refractivity contribution in [3.8, 4) is 11.8 Å². The van der Waals surface area contributed by atoms with Gasteiger partial charge in [-0.15, -0.1) is 0 Å². The zero-order valence-corrected chi connectivity index (χ0v) is 14.3. The minimum atomic E-state index is -0.812. The summed E-state index contributed by atoms with van der Waals surface area (Å²) in [4.78, 5) is 18.9. The smallest absolute Gasteiger partial charge is 0.407 e. The molecule has 2 aliphatic rings. The largest absolute Gasteiger partial charge is 0.492 e. The maximum atomic E-state index is 11.0. The first-order chi connectivity index (χ1) is 12.2. The van der Waals surface area contributed by atoms with Crippen molar-refractivity contribution in [2.45, 2.75) is 31.7 Å². The fourth-order valence-electron chi connectivity index (χ4n) is 3.75. The standard InChI is InChI=1S/C18H24N4O3/c19-11-15-12-20-6-5-17(15)25-13-14-1-3-16(4-2-14)21-7-9-22(10-8-21)18(23)24/h5-6,12,14,16H,1-4,7-10,13H2,(H,23,24). The predicted octanol–water partition coefficient (Wildman–Crippen LogP) is 2.19. The monoisotopic (exact) mass is 344 g/mol. The van der Waals surface area contributed by atoms with Crippen molar-refractivity contribution in [3.05, 3.63) is 24.0 Å². The SMILES string of the molecule is N#Cc1cnccc1OCC1CCC(N2CCN(C(=O)O)CC2)CC1. The zero-order valence-electron chi connectivity index (χ0n) is 14.3. The van der Waals surface area contributed by atoms with Crippen LogP contribution in [-0.4, -0.2) is 64.8 Å². The molecule has 1 saturated carbocycles. The van der Waals surface area contributed by atoms with E-state index in [4.69, 9.17) is 15.1 Å².